The van der Waals surface area contributed by atoms with Crippen LogP contribution in [0.2, 0.25) is 0 Å². The lowest BCUT2D eigenvalue weighted by atomic mass is 9.90. The van der Waals surface area contributed by atoms with E-state index in [0.717, 1.165) is 19.5 Å². The molecule has 0 saturated carbocycles. The number of carbonyl (C=O) groups is 2. The maximum Gasteiger partial charge on any atom is 0.408 e. The number of ether oxygens (including phenoxy) is 1. The number of rotatable bonds is 8. The highest BCUT2D eigenvalue weighted by Gasteiger charge is 2.34. The van der Waals surface area contributed by atoms with Gasteiger partial charge in [-0.05, 0) is 38.3 Å². The van der Waals surface area contributed by atoms with E-state index in [4.69, 9.17) is 10.5 Å². The molecule has 1 aliphatic heterocycles. The van der Waals surface area contributed by atoms with Crippen LogP contribution in [0.1, 0.15) is 44.2 Å². The van der Waals surface area contributed by atoms with Gasteiger partial charge in [0.15, 0.2) is 0 Å². The highest BCUT2D eigenvalue weighted by atomic mass is 16.6. The number of hydrogen-bond acceptors (Lipinski definition) is 5. The molecule has 0 spiro atoms. The van der Waals surface area contributed by atoms with Crippen molar-refractivity contribution in [1.82, 2.24) is 15.5 Å². The normalized spacial score (nSPS) is 18.8. The van der Waals surface area contributed by atoms with Crippen molar-refractivity contribution in [1.29, 1.82) is 0 Å². The van der Waals surface area contributed by atoms with Gasteiger partial charge in [0.25, 0.3) is 0 Å². The molecule has 0 bridgehead atoms. The molecule has 178 valence electrons. The van der Waals surface area contributed by atoms with Crippen molar-refractivity contribution in [2.45, 2.75) is 50.8 Å². The minimum Gasteiger partial charge on any atom is -0.444 e. The summed E-state index contributed by atoms with van der Waals surface area (Å²) >= 11 is 0. The van der Waals surface area contributed by atoms with Gasteiger partial charge in [0.05, 0.1) is 0 Å². The van der Waals surface area contributed by atoms with E-state index in [1.165, 1.54) is 11.1 Å². The van der Waals surface area contributed by atoms with Crippen molar-refractivity contribution in [3.05, 3.63) is 71.8 Å². The minimum atomic E-state index is -0.602. The first-order valence-electron chi connectivity index (χ1n) is 11.6. The topological polar surface area (TPSA) is 96.7 Å². The molecule has 4 N–H and O–H groups in total. The van der Waals surface area contributed by atoms with Crippen molar-refractivity contribution in [3.8, 4) is 0 Å². The van der Waals surface area contributed by atoms with E-state index >= 15 is 0 Å². The molecule has 0 aromatic heterocycles. The van der Waals surface area contributed by atoms with Gasteiger partial charge < -0.3 is 21.1 Å². The summed E-state index contributed by atoms with van der Waals surface area (Å²) in [4.78, 5) is 26.6. The van der Waals surface area contributed by atoms with Gasteiger partial charge in [-0.2, -0.15) is 0 Å². The van der Waals surface area contributed by atoms with Crippen LogP contribution in [0.3, 0.4) is 0 Å². The summed E-state index contributed by atoms with van der Waals surface area (Å²) in [5, 5.41) is 5.55. The molecule has 7 heteroatoms. The number of nitrogens with one attached hydrogen (secondary N) is 2. The van der Waals surface area contributed by atoms with Crippen LogP contribution in [-0.2, 0) is 9.53 Å². The number of nitrogens with zero attached hydrogens (tertiary/aromatic N) is 1. The molecular weight excluding hydrogens is 416 g/mol. The minimum absolute atomic E-state index is 0.0151. The molecule has 2 atom stereocenters. The van der Waals surface area contributed by atoms with Crippen LogP contribution in [0.25, 0.3) is 0 Å². The molecule has 0 aliphatic carbocycles. The van der Waals surface area contributed by atoms with E-state index < -0.39 is 11.7 Å². The number of benzene rings is 2. The first kappa shape index (κ1) is 24.7. The Labute approximate surface area is 196 Å². The Bertz CT molecular complexity index is 859. The highest BCUT2D eigenvalue weighted by Crippen LogP contribution is 2.29. The molecule has 1 aliphatic rings. The van der Waals surface area contributed by atoms with Gasteiger partial charge in [-0.3, -0.25) is 9.69 Å². The third-order valence-corrected chi connectivity index (χ3v) is 5.78. The molecule has 1 saturated heterocycles. The molecule has 3 rings (SSSR count). The standard InChI is InChI=1S/C26H36N4O3/c1-26(2,3)33-25(32)28-16-24(31)29-21-14-22(15-27)30(17-21)18-23(19-10-6-4-7-11-19)20-12-8-5-9-13-20/h4-13,21-23H,14-18,27H2,1-3H3,(H,28,32)(H,29,31)/t21-,22-/m0/s1. The number of carbonyl (C=O) groups excluding carboxylic acids is 2. The zero-order valence-corrected chi connectivity index (χ0v) is 19.8. The predicted molar refractivity (Wildman–Crippen MR) is 130 cm³/mol. The summed E-state index contributed by atoms with van der Waals surface area (Å²) in [6.07, 6.45) is 0.185. The fourth-order valence-corrected chi connectivity index (χ4v) is 4.31. The zero-order valence-electron chi connectivity index (χ0n) is 19.8. The number of amides is 2. The molecule has 7 nitrogen and oxygen atoms in total. The van der Waals surface area contributed by atoms with Gasteiger partial charge >= 0.3 is 6.09 Å². The summed E-state index contributed by atoms with van der Waals surface area (Å²) in [6.45, 7) is 7.30. The number of nitrogens with two attached hydrogens (primary N) is 1. The van der Waals surface area contributed by atoms with Crippen LogP contribution in [0, 0.1) is 0 Å². The number of alkyl carbamates (subject to hydrolysis) is 1. The van der Waals surface area contributed by atoms with Crippen molar-refractivity contribution in [2.75, 3.05) is 26.2 Å². The summed E-state index contributed by atoms with van der Waals surface area (Å²) in [5.74, 6) is -0.0177. The third kappa shape index (κ3) is 7.58. The molecule has 2 aromatic rings. The zero-order chi connectivity index (χ0) is 23.8. The van der Waals surface area contributed by atoms with Crippen LogP contribution in [0.15, 0.2) is 60.7 Å². The maximum atomic E-state index is 12.4. The Hall–Kier alpha value is -2.90. The van der Waals surface area contributed by atoms with E-state index in [1.807, 2.05) is 12.1 Å². The predicted octanol–water partition coefficient (Wildman–Crippen LogP) is 2.86. The van der Waals surface area contributed by atoms with Crippen LogP contribution < -0.4 is 16.4 Å². The first-order valence-corrected chi connectivity index (χ1v) is 11.6. The summed E-state index contributed by atoms with van der Waals surface area (Å²) in [5.41, 5.74) is 8.01. The van der Waals surface area contributed by atoms with E-state index in [0.29, 0.717) is 6.54 Å². The lowest BCUT2D eigenvalue weighted by Crippen LogP contribution is -2.44. The SMILES string of the molecule is CC(C)(C)OC(=O)NCC(=O)N[C@H]1C[C@@H](CN)N(CC(c2ccccc2)c2ccccc2)C1. The van der Waals surface area contributed by atoms with E-state index in [2.05, 4.69) is 64.1 Å². The van der Waals surface area contributed by atoms with Crippen LogP contribution in [0.5, 0.6) is 0 Å². The molecular formula is C26H36N4O3. The van der Waals surface area contributed by atoms with Gasteiger partial charge in [-0.15, -0.1) is 0 Å². The van der Waals surface area contributed by atoms with E-state index in [-0.39, 0.29) is 30.5 Å². The second-order valence-electron chi connectivity index (χ2n) is 9.57. The Balaban J connectivity index is 1.60. The summed E-state index contributed by atoms with van der Waals surface area (Å²) in [7, 11) is 0. The van der Waals surface area contributed by atoms with Crippen molar-refractivity contribution < 1.29 is 14.3 Å². The van der Waals surface area contributed by atoms with Crippen LogP contribution in [-0.4, -0.2) is 60.8 Å². The Morgan fingerprint density at radius 2 is 1.64 bits per heavy atom. The molecule has 33 heavy (non-hydrogen) atoms. The largest absolute Gasteiger partial charge is 0.444 e. The average Bonchev–Trinajstić information content (AvgIpc) is 3.17. The second kappa shape index (κ2) is 11.3. The molecule has 0 radical (unpaired) electrons. The van der Waals surface area contributed by atoms with Crippen molar-refractivity contribution in [3.63, 3.8) is 0 Å². The van der Waals surface area contributed by atoms with E-state index in [9.17, 15) is 9.59 Å². The molecule has 2 aromatic carbocycles. The van der Waals surface area contributed by atoms with Crippen molar-refractivity contribution in [2.24, 2.45) is 5.73 Å². The Morgan fingerprint density at radius 3 is 2.15 bits per heavy atom. The number of hydrogen-bond donors (Lipinski definition) is 3. The lowest BCUT2D eigenvalue weighted by molar-refractivity contribution is -0.120. The smallest absolute Gasteiger partial charge is 0.408 e. The average molecular weight is 453 g/mol. The Kier molecular flexibility index (Phi) is 8.47. The van der Waals surface area contributed by atoms with Crippen LogP contribution in [0.4, 0.5) is 4.79 Å². The number of likely N-dealkylation sites (tertiary alicyclic amines) is 1. The fourth-order valence-electron chi connectivity index (χ4n) is 4.31. The van der Waals surface area contributed by atoms with Gasteiger partial charge in [0.1, 0.15) is 12.1 Å². The lowest BCUT2D eigenvalue weighted by Gasteiger charge is -2.29. The summed E-state index contributed by atoms with van der Waals surface area (Å²) < 4.78 is 5.18. The first-order chi connectivity index (χ1) is 15.7. The summed E-state index contributed by atoms with van der Waals surface area (Å²) in [6, 6.07) is 21.1. The molecule has 2 amide bonds. The Morgan fingerprint density at radius 1 is 1.06 bits per heavy atom. The third-order valence-electron chi connectivity index (χ3n) is 5.78. The second-order valence-corrected chi connectivity index (χ2v) is 9.57. The van der Waals surface area contributed by atoms with Crippen molar-refractivity contribution >= 4 is 12.0 Å². The van der Waals surface area contributed by atoms with Gasteiger partial charge in [-0.25, -0.2) is 4.79 Å². The van der Waals surface area contributed by atoms with Gasteiger partial charge in [0.2, 0.25) is 5.91 Å². The molecule has 1 heterocycles. The van der Waals surface area contributed by atoms with Gasteiger partial charge in [0, 0.05) is 37.6 Å². The fraction of sp³-hybridized carbons (Fsp3) is 0.462. The highest BCUT2D eigenvalue weighted by molar-refractivity contribution is 5.82. The van der Waals surface area contributed by atoms with Gasteiger partial charge in [-0.1, -0.05) is 60.7 Å². The monoisotopic (exact) mass is 452 g/mol. The molecule has 0 unspecified atom stereocenters. The molecule has 1 fully saturated rings. The maximum absolute atomic E-state index is 12.4. The quantitative estimate of drug-likeness (QED) is 0.572. The van der Waals surface area contributed by atoms with Crippen LogP contribution >= 0.6 is 0 Å². The van der Waals surface area contributed by atoms with E-state index in [1.54, 1.807) is 20.8 Å².